The lowest BCUT2D eigenvalue weighted by Crippen LogP contribution is -2.43. The molecule has 196 valence electrons. The van der Waals surface area contributed by atoms with Crippen molar-refractivity contribution in [2.24, 2.45) is 0 Å². The maximum atomic E-state index is 13.3. The molecule has 4 atom stereocenters. The summed E-state index contributed by atoms with van der Waals surface area (Å²) in [7, 11) is 2.46. The van der Waals surface area contributed by atoms with Crippen LogP contribution in [0, 0.1) is 0 Å². The second-order valence-electron chi connectivity index (χ2n) is 10.1. The summed E-state index contributed by atoms with van der Waals surface area (Å²) >= 11 is 0. The van der Waals surface area contributed by atoms with Crippen LogP contribution in [0.1, 0.15) is 54.4 Å². The predicted molar refractivity (Wildman–Crippen MR) is 118 cm³/mol. The number of carbonyl (C=O) groups is 4. The zero-order chi connectivity index (χ0) is 26.4. The molecule has 1 N–H and O–H groups in total. The summed E-state index contributed by atoms with van der Waals surface area (Å²) in [5, 5.41) is 9.50. The maximum absolute atomic E-state index is 13.3. The summed E-state index contributed by atoms with van der Waals surface area (Å²) in [4.78, 5) is 48.7. The molecule has 2 fully saturated rings. The number of rotatable bonds is 2. The Morgan fingerprint density at radius 3 is 1.53 bits per heavy atom. The van der Waals surface area contributed by atoms with Crippen LogP contribution in [0.15, 0.2) is 0 Å². The molecule has 12 heteroatoms. The number of carbonyl (C=O) groups excluding carboxylic acids is 4. The van der Waals surface area contributed by atoms with Gasteiger partial charge in [0.1, 0.15) is 29.5 Å². The van der Waals surface area contributed by atoms with Crippen molar-refractivity contribution in [1.29, 1.82) is 0 Å². The summed E-state index contributed by atoms with van der Waals surface area (Å²) in [5.41, 5.74) is -1.31. The van der Waals surface area contributed by atoms with Crippen molar-refractivity contribution < 1.29 is 47.6 Å². The average Bonchev–Trinajstić information content (AvgIpc) is 3.27. The van der Waals surface area contributed by atoms with Crippen LogP contribution in [0.25, 0.3) is 0 Å². The molecule has 0 aromatic rings. The van der Waals surface area contributed by atoms with Crippen LogP contribution < -0.4 is 0 Å². The Labute approximate surface area is 199 Å². The maximum Gasteiger partial charge on any atom is 0.411 e. The number of amides is 2. The van der Waals surface area contributed by atoms with Gasteiger partial charge in [0, 0.05) is 12.8 Å². The lowest BCUT2D eigenvalue weighted by atomic mass is 10.2. The molecule has 34 heavy (non-hydrogen) atoms. The number of hydrogen-bond acceptors (Lipinski definition) is 9. The molecule has 0 unspecified atom stereocenters. The Balaban J connectivity index is 0.000000340. The van der Waals surface area contributed by atoms with E-state index in [0.717, 1.165) is 4.90 Å². The van der Waals surface area contributed by atoms with E-state index in [9.17, 15) is 28.7 Å². The molecule has 0 radical (unpaired) electrons. The molecule has 0 aromatic heterocycles. The van der Waals surface area contributed by atoms with Gasteiger partial charge in [-0.25, -0.2) is 23.6 Å². The number of likely N-dealkylation sites (tertiary alicyclic amines) is 2. The van der Waals surface area contributed by atoms with E-state index < -0.39 is 59.7 Å². The fourth-order valence-electron chi connectivity index (χ4n) is 3.36. The first-order valence-corrected chi connectivity index (χ1v) is 11.0. The highest BCUT2D eigenvalue weighted by Gasteiger charge is 2.43. The molecule has 0 spiro atoms. The minimum absolute atomic E-state index is 0.0358. The summed E-state index contributed by atoms with van der Waals surface area (Å²) in [5.74, 6) is -1.15. The van der Waals surface area contributed by atoms with Gasteiger partial charge in [-0.1, -0.05) is 0 Å². The number of halogens is 1. The average molecular weight is 493 g/mol. The summed E-state index contributed by atoms with van der Waals surface area (Å²) in [6, 6.07) is -1.64. The molecule has 2 saturated heterocycles. The lowest BCUT2D eigenvalue weighted by molar-refractivity contribution is -0.146. The Bertz CT molecular complexity index is 686. The topological polar surface area (TPSA) is 132 Å². The van der Waals surface area contributed by atoms with Gasteiger partial charge in [0.05, 0.1) is 33.4 Å². The van der Waals surface area contributed by atoms with Crippen molar-refractivity contribution in [1.82, 2.24) is 9.80 Å². The van der Waals surface area contributed by atoms with Gasteiger partial charge in [0.15, 0.2) is 0 Å². The number of methoxy groups -OCH3 is 2. The second-order valence-corrected chi connectivity index (χ2v) is 10.1. The molecule has 0 bridgehead atoms. The van der Waals surface area contributed by atoms with E-state index >= 15 is 0 Å². The Kier molecular flexibility index (Phi) is 10.1. The van der Waals surface area contributed by atoms with Crippen molar-refractivity contribution >= 4 is 24.1 Å². The lowest BCUT2D eigenvalue weighted by Gasteiger charge is -2.27. The Morgan fingerprint density at radius 1 is 0.765 bits per heavy atom. The van der Waals surface area contributed by atoms with Crippen LogP contribution in [0.2, 0.25) is 0 Å². The predicted octanol–water partition coefficient (Wildman–Crippen LogP) is 2.04. The zero-order valence-electron chi connectivity index (χ0n) is 21.1. The van der Waals surface area contributed by atoms with Gasteiger partial charge in [-0.05, 0) is 41.5 Å². The highest BCUT2D eigenvalue weighted by Crippen LogP contribution is 2.24. The van der Waals surface area contributed by atoms with E-state index in [2.05, 4.69) is 9.47 Å². The molecular formula is C22H37FN2O9. The first kappa shape index (κ1) is 29.4. The van der Waals surface area contributed by atoms with E-state index in [-0.39, 0.29) is 25.9 Å². The number of nitrogens with zero attached hydrogens (tertiary/aromatic N) is 2. The number of alkyl halides is 1. The second kappa shape index (κ2) is 11.7. The minimum Gasteiger partial charge on any atom is -0.467 e. The van der Waals surface area contributed by atoms with Crippen LogP contribution in [0.3, 0.4) is 0 Å². The quantitative estimate of drug-likeness (QED) is 0.454. The number of β-amino-alcohol motifs (C(OH)–C–C–N with tert-alkyl or cyclic N) is 1. The Morgan fingerprint density at radius 2 is 1.15 bits per heavy atom. The van der Waals surface area contributed by atoms with Gasteiger partial charge < -0.3 is 24.1 Å². The van der Waals surface area contributed by atoms with Crippen LogP contribution in [-0.4, -0.2) is 102 Å². The highest BCUT2D eigenvalue weighted by molar-refractivity contribution is 5.83. The third-order valence-electron chi connectivity index (χ3n) is 4.73. The van der Waals surface area contributed by atoms with Gasteiger partial charge in [0.2, 0.25) is 0 Å². The fraction of sp³-hybridized carbons (Fsp3) is 0.818. The molecule has 0 aromatic carbocycles. The van der Waals surface area contributed by atoms with Crippen LogP contribution in [-0.2, 0) is 28.5 Å². The molecule has 2 aliphatic heterocycles. The van der Waals surface area contributed by atoms with Crippen LogP contribution >= 0.6 is 0 Å². The first-order chi connectivity index (χ1) is 15.5. The van der Waals surface area contributed by atoms with E-state index in [0.29, 0.717) is 0 Å². The molecule has 2 rings (SSSR count). The van der Waals surface area contributed by atoms with Gasteiger partial charge in [-0.2, -0.15) is 0 Å². The molecule has 2 amide bonds. The molecule has 0 aliphatic carbocycles. The van der Waals surface area contributed by atoms with E-state index in [4.69, 9.17) is 9.47 Å². The zero-order valence-corrected chi connectivity index (χ0v) is 21.1. The Hall–Kier alpha value is -2.63. The minimum atomic E-state index is -1.22. The van der Waals surface area contributed by atoms with Gasteiger partial charge >= 0.3 is 24.1 Å². The summed E-state index contributed by atoms with van der Waals surface area (Å²) < 4.78 is 32.7. The van der Waals surface area contributed by atoms with Gasteiger partial charge in [-0.15, -0.1) is 0 Å². The molecule has 2 heterocycles. The van der Waals surface area contributed by atoms with Crippen molar-refractivity contribution in [3.63, 3.8) is 0 Å². The summed E-state index contributed by atoms with van der Waals surface area (Å²) in [6.07, 6.45) is -3.08. The number of ether oxygens (including phenoxy) is 4. The van der Waals surface area contributed by atoms with Gasteiger partial charge in [-0.3, -0.25) is 9.80 Å². The monoisotopic (exact) mass is 492 g/mol. The van der Waals surface area contributed by atoms with Crippen molar-refractivity contribution in [2.45, 2.75) is 89.9 Å². The largest absolute Gasteiger partial charge is 0.467 e. The number of hydrogen-bond donors (Lipinski definition) is 1. The standard InChI is InChI=1S/C11H18FNO4.C11H19NO5/c1-11(2,3)17-10(15)13-6-7(12)5-8(13)9(14)16-4;1-11(2,3)17-10(15)12-6-7(13)5-8(12)9(14)16-4/h7-8H,5-6H2,1-4H3;7-8,13H,5-6H2,1-4H3/t7-,8-;7-,8+/m01/s1. The number of aliphatic hydroxyl groups is 1. The molecule has 0 saturated carbocycles. The van der Waals surface area contributed by atoms with Crippen molar-refractivity contribution in [2.75, 3.05) is 27.3 Å². The van der Waals surface area contributed by atoms with Crippen LogP contribution in [0.4, 0.5) is 14.0 Å². The fourth-order valence-corrected chi connectivity index (χ4v) is 3.36. The molecule has 2 aliphatic rings. The van der Waals surface area contributed by atoms with E-state index in [1.165, 1.54) is 19.1 Å². The van der Waals surface area contributed by atoms with Crippen molar-refractivity contribution in [3.8, 4) is 0 Å². The first-order valence-electron chi connectivity index (χ1n) is 11.0. The van der Waals surface area contributed by atoms with Crippen molar-refractivity contribution in [3.05, 3.63) is 0 Å². The molecule has 11 nitrogen and oxygen atoms in total. The summed E-state index contributed by atoms with van der Waals surface area (Å²) in [6.45, 7) is 10.3. The molecular weight excluding hydrogens is 455 g/mol. The number of esters is 2. The highest BCUT2D eigenvalue weighted by atomic mass is 19.1. The normalized spacial score (nSPS) is 24.6. The SMILES string of the molecule is COC(=O)[C@@H]1C[C@@H](O)CN1C(=O)OC(C)(C)C.COC(=O)[C@@H]1C[C@H](F)CN1C(=O)OC(C)(C)C. The van der Waals surface area contributed by atoms with E-state index in [1.807, 2.05) is 0 Å². The smallest absolute Gasteiger partial charge is 0.411 e. The van der Waals surface area contributed by atoms with Gasteiger partial charge in [0.25, 0.3) is 0 Å². The van der Waals surface area contributed by atoms with E-state index in [1.54, 1.807) is 41.5 Å². The van der Waals surface area contributed by atoms with Crippen LogP contribution in [0.5, 0.6) is 0 Å². The third-order valence-corrected chi connectivity index (χ3v) is 4.73. The third kappa shape index (κ3) is 8.96. The number of aliphatic hydroxyl groups excluding tert-OH is 1.